The van der Waals surface area contributed by atoms with Gasteiger partial charge in [-0.1, -0.05) is 17.8 Å². The number of aromatic nitrogens is 3. The molecule has 0 bridgehead atoms. The van der Waals surface area contributed by atoms with Crippen molar-refractivity contribution in [3.63, 3.8) is 0 Å². The Bertz CT molecular complexity index is 1090. The van der Waals surface area contributed by atoms with Gasteiger partial charge in [-0.15, -0.1) is 0 Å². The Kier molecular flexibility index (Phi) is 5.89. The second-order valence-corrected chi connectivity index (χ2v) is 8.42. The molecule has 0 saturated heterocycles. The molecular weight excluding hydrogens is 402 g/mol. The van der Waals surface area contributed by atoms with Crippen LogP contribution in [0.25, 0.3) is 21.5 Å². The van der Waals surface area contributed by atoms with Crippen LogP contribution < -0.4 is 10.6 Å². The van der Waals surface area contributed by atoms with E-state index in [0.29, 0.717) is 22.2 Å². The predicted molar refractivity (Wildman–Crippen MR) is 117 cm³/mol. The molecule has 9 heteroatoms. The number of aryl methyl sites for hydroxylation is 1. The number of amides is 2. The lowest BCUT2D eigenvalue weighted by Gasteiger charge is -2.22. The maximum atomic E-state index is 12.3. The second-order valence-electron chi connectivity index (χ2n) is 7.39. The average Bonchev–Trinajstić information content (AvgIpc) is 3.11. The van der Waals surface area contributed by atoms with Crippen molar-refractivity contribution < 1.29 is 14.3 Å². The lowest BCUT2D eigenvalue weighted by molar-refractivity contribution is -0.114. The number of anilines is 2. The summed E-state index contributed by atoms with van der Waals surface area (Å²) in [6, 6.07) is 3.81. The molecule has 0 spiro atoms. The van der Waals surface area contributed by atoms with E-state index in [-0.39, 0.29) is 12.0 Å². The molecular formula is C21H23N5O3S. The molecule has 0 aromatic carbocycles. The molecule has 8 nitrogen and oxygen atoms in total. The molecule has 3 aromatic rings. The van der Waals surface area contributed by atoms with Crippen molar-refractivity contribution in [2.45, 2.75) is 52.1 Å². The normalized spacial score (nSPS) is 14.5. The van der Waals surface area contributed by atoms with Gasteiger partial charge in [0.15, 0.2) is 10.8 Å². The van der Waals surface area contributed by atoms with Crippen LogP contribution in [-0.2, 0) is 9.53 Å². The van der Waals surface area contributed by atoms with Crippen molar-refractivity contribution in [1.82, 2.24) is 15.0 Å². The van der Waals surface area contributed by atoms with Crippen LogP contribution in [0.3, 0.4) is 0 Å². The number of pyridine rings is 2. The molecule has 0 aliphatic heterocycles. The summed E-state index contributed by atoms with van der Waals surface area (Å²) in [6.07, 6.45) is 8.25. The van der Waals surface area contributed by atoms with E-state index in [0.717, 1.165) is 41.5 Å². The number of fused-ring (bicyclic) bond motifs is 1. The van der Waals surface area contributed by atoms with Gasteiger partial charge in [0.25, 0.3) is 0 Å². The van der Waals surface area contributed by atoms with Crippen LogP contribution in [0.5, 0.6) is 0 Å². The van der Waals surface area contributed by atoms with Gasteiger partial charge in [-0.3, -0.25) is 15.1 Å². The Balaban J connectivity index is 1.53. The molecule has 30 heavy (non-hydrogen) atoms. The van der Waals surface area contributed by atoms with E-state index in [1.807, 2.05) is 19.1 Å². The van der Waals surface area contributed by atoms with Crippen LogP contribution in [0.2, 0.25) is 0 Å². The zero-order valence-electron chi connectivity index (χ0n) is 16.9. The Morgan fingerprint density at radius 1 is 1.07 bits per heavy atom. The Labute approximate surface area is 178 Å². The highest BCUT2D eigenvalue weighted by atomic mass is 32.1. The summed E-state index contributed by atoms with van der Waals surface area (Å²) in [5.41, 5.74) is 3.55. The Morgan fingerprint density at radius 2 is 1.80 bits per heavy atom. The first-order valence-corrected chi connectivity index (χ1v) is 10.8. The Hall–Kier alpha value is -3.07. The molecule has 156 valence electrons. The van der Waals surface area contributed by atoms with Crippen LogP contribution in [0.15, 0.2) is 24.5 Å². The van der Waals surface area contributed by atoms with Gasteiger partial charge in [-0.25, -0.2) is 9.78 Å². The number of carbonyl (C=O) groups is 2. The maximum absolute atomic E-state index is 12.3. The number of carbonyl (C=O) groups excluding carboxylic acids is 2. The minimum Gasteiger partial charge on any atom is -0.446 e. The van der Waals surface area contributed by atoms with E-state index in [1.54, 1.807) is 12.4 Å². The molecule has 1 saturated carbocycles. The van der Waals surface area contributed by atoms with Gasteiger partial charge in [-0.2, -0.15) is 4.98 Å². The first-order valence-electron chi connectivity index (χ1n) is 9.97. The van der Waals surface area contributed by atoms with Crippen LogP contribution in [-0.4, -0.2) is 33.1 Å². The molecule has 3 aromatic heterocycles. The first-order chi connectivity index (χ1) is 14.5. The smallest absolute Gasteiger partial charge is 0.411 e. The molecule has 3 heterocycles. The van der Waals surface area contributed by atoms with Gasteiger partial charge in [0.2, 0.25) is 5.91 Å². The zero-order chi connectivity index (χ0) is 21.1. The SMILES string of the molecule is CC(=O)Nc1nc2ncc(-c3cnc(C)c(NC(=O)OC4CCCCC4)c3)cc2s1. The quantitative estimate of drug-likeness (QED) is 0.616. The van der Waals surface area contributed by atoms with E-state index in [9.17, 15) is 9.59 Å². The van der Waals surface area contributed by atoms with Gasteiger partial charge in [0.1, 0.15) is 6.10 Å². The third-order valence-electron chi connectivity index (χ3n) is 5.01. The lowest BCUT2D eigenvalue weighted by atomic mass is 9.98. The summed E-state index contributed by atoms with van der Waals surface area (Å²) >= 11 is 1.36. The van der Waals surface area contributed by atoms with Gasteiger partial charge in [0, 0.05) is 30.4 Å². The molecule has 0 atom stereocenters. The van der Waals surface area contributed by atoms with E-state index in [1.165, 1.54) is 24.7 Å². The van der Waals surface area contributed by atoms with Crippen LogP contribution >= 0.6 is 11.3 Å². The molecule has 1 fully saturated rings. The summed E-state index contributed by atoms with van der Waals surface area (Å²) in [5.74, 6) is -0.173. The average molecular weight is 426 g/mol. The van der Waals surface area contributed by atoms with Gasteiger partial charge in [0.05, 0.1) is 16.1 Å². The van der Waals surface area contributed by atoms with Crippen LogP contribution in [0.4, 0.5) is 15.6 Å². The number of ether oxygens (including phenoxy) is 1. The number of rotatable bonds is 4. The highest BCUT2D eigenvalue weighted by Gasteiger charge is 2.18. The van der Waals surface area contributed by atoms with Crippen LogP contribution in [0.1, 0.15) is 44.7 Å². The third-order valence-corrected chi connectivity index (χ3v) is 5.92. The van der Waals surface area contributed by atoms with Crippen molar-refractivity contribution in [2.24, 2.45) is 0 Å². The minimum absolute atomic E-state index is 0.00839. The van der Waals surface area contributed by atoms with E-state index < -0.39 is 6.09 Å². The van der Waals surface area contributed by atoms with Gasteiger partial charge < -0.3 is 10.1 Å². The molecule has 4 rings (SSSR count). The number of nitrogens with one attached hydrogen (secondary N) is 2. The number of hydrogen-bond acceptors (Lipinski definition) is 7. The molecule has 1 aliphatic carbocycles. The van der Waals surface area contributed by atoms with Crippen molar-refractivity contribution in [1.29, 1.82) is 0 Å². The van der Waals surface area contributed by atoms with Crippen LogP contribution in [0, 0.1) is 6.92 Å². The van der Waals surface area contributed by atoms with E-state index in [4.69, 9.17) is 4.74 Å². The standard InChI is InChI=1S/C21H23N5O3S/c1-12-17(25-21(28)29-16-6-4-3-5-7-16)8-14(10-22-12)15-9-18-19(23-11-15)26-20(30-18)24-13(2)27/h8-11,16H,3-7H2,1-2H3,(H,25,28)(H,23,24,26,27). The largest absolute Gasteiger partial charge is 0.446 e. The predicted octanol–water partition coefficient (Wildman–Crippen LogP) is 4.90. The fourth-order valence-electron chi connectivity index (χ4n) is 3.47. The van der Waals surface area contributed by atoms with Crippen molar-refractivity contribution in [2.75, 3.05) is 10.6 Å². The summed E-state index contributed by atoms with van der Waals surface area (Å²) < 4.78 is 6.41. The number of hydrogen-bond donors (Lipinski definition) is 2. The fourth-order valence-corrected chi connectivity index (χ4v) is 4.38. The van der Waals surface area contributed by atoms with Crippen molar-refractivity contribution in [3.8, 4) is 11.1 Å². The summed E-state index contributed by atoms with van der Waals surface area (Å²) in [5, 5.41) is 6.02. The van der Waals surface area contributed by atoms with Crippen molar-refractivity contribution >= 4 is 44.5 Å². The third kappa shape index (κ3) is 4.73. The highest BCUT2D eigenvalue weighted by molar-refractivity contribution is 7.22. The van der Waals surface area contributed by atoms with E-state index >= 15 is 0 Å². The summed E-state index contributed by atoms with van der Waals surface area (Å²) in [6.45, 7) is 3.28. The van der Waals surface area contributed by atoms with Crippen molar-refractivity contribution in [3.05, 3.63) is 30.2 Å². The Morgan fingerprint density at radius 3 is 2.57 bits per heavy atom. The zero-order valence-corrected chi connectivity index (χ0v) is 17.7. The first kappa shape index (κ1) is 20.2. The molecule has 2 N–H and O–H groups in total. The molecule has 2 amide bonds. The van der Waals surface area contributed by atoms with Gasteiger partial charge >= 0.3 is 6.09 Å². The minimum atomic E-state index is -0.445. The summed E-state index contributed by atoms with van der Waals surface area (Å²) in [4.78, 5) is 36.7. The topological polar surface area (TPSA) is 106 Å². The molecule has 0 unspecified atom stereocenters. The monoisotopic (exact) mass is 425 g/mol. The fraction of sp³-hybridized carbons (Fsp3) is 0.381. The van der Waals surface area contributed by atoms with Gasteiger partial charge in [-0.05, 0) is 44.7 Å². The molecule has 1 aliphatic rings. The maximum Gasteiger partial charge on any atom is 0.411 e. The number of nitrogens with zero attached hydrogens (tertiary/aromatic N) is 3. The molecule has 0 radical (unpaired) electrons. The highest BCUT2D eigenvalue weighted by Crippen LogP contribution is 2.30. The summed E-state index contributed by atoms with van der Waals surface area (Å²) in [7, 11) is 0. The lowest BCUT2D eigenvalue weighted by Crippen LogP contribution is -2.24. The number of thiazole rings is 1. The van der Waals surface area contributed by atoms with E-state index in [2.05, 4.69) is 25.6 Å². The second kappa shape index (κ2) is 8.74.